The van der Waals surface area contributed by atoms with Crippen LogP contribution in [-0.2, 0) is 23.7 Å². The van der Waals surface area contributed by atoms with Crippen molar-refractivity contribution in [3.8, 4) is 44.9 Å². The van der Waals surface area contributed by atoms with E-state index in [1.165, 1.54) is 98.4 Å². The van der Waals surface area contributed by atoms with Crippen molar-refractivity contribution in [2.24, 2.45) is 5.92 Å². The van der Waals surface area contributed by atoms with Crippen LogP contribution < -0.4 is 14.8 Å². The molecule has 3 aliphatic rings. The molecule has 4 nitrogen and oxygen atoms in total. The molecular formula is C67H59F6NO3. The maximum Gasteiger partial charge on any atom is 0.573 e. The van der Waals surface area contributed by atoms with Crippen LogP contribution in [0.3, 0.4) is 0 Å². The highest BCUT2D eigenvalue weighted by Crippen LogP contribution is 2.59. The zero-order valence-corrected chi connectivity index (χ0v) is 43.3. The van der Waals surface area contributed by atoms with E-state index in [1.807, 2.05) is 6.08 Å². The predicted octanol–water partition coefficient (Wildman–Crippen LogP) is 19.0. The van der Waals surface area contributed by atoms with Crippen LogP contribution in [0.1, 0.15) is 133 Å². The largest absolute Gasteiger partial charge is 0.573 e. The van der Waals surface area contributed by atoms with Crippen molar-refractivity contribution in [1.29, 1.82) is 0 Å². The van der Waals surface area contributed by atoms with Gasteiger partial charge in [-0.05, 0) is 147 Å². The van der Waals surface area contributed by atoms with E-state index in [-0.39, 0.29) is 11.1 Å². The smallest absolute Gasteiger partial charge is 0.472 e. The second kappa shape index (κ2) is 20.4. The molecule has 0 radical (unpaired) electrons. The lowest BCUT2D eigenvalue weighted by Gasteiger charge is -2.38. The topological polar surface area (TPSA) is 47.6 Å². The number of hydrogen-bond acceptors (Lipinski definition) is 4. The van der Waals surface area contributed by atoms with Crippen molar-refractivity contribution >= 4 is 28.8 Å². The Morgan fingerprint density at radius 1 is 0.675 bits per heavy atom. The number of unbranched alkanes of at least 4 members (excludes halogenated alkanes) is 2. The molecule has 2 aliphatic carbocycles. The minimum atomic E-state index is -4.93. The average molecular weight is 1040 g/mol. The number of benzene rings is 8. The minimum absolute atomic E-state index is 0.188. The molecule has 77 heavy (non-hydrogen) atoms. The van der Waals surface area contributed by atoms with Gasteiger partial charge in [0, 0.05) is 45.3 Å². The van der Waals surface area contributed by atoms with Crippen molar-refractivity contribution < 1.29 is 40.6 Å². The molecule has 1 atom stereocenters. The number of ether oxygens (including phenoxy) is 2. The summed E-state index contributed by atoms with van der Waals surface area (Å²) in [4.78, 5) is 11.7. The van der Waals surface area contributed by atoms with Gasteiger partial charge in [0.2, 0.25) is 0 Å². The summed E-state index contributed by atoms with van der Waals surface area (Å²) in [5.41, 5.74) is 10.2. The van der Waals surface area contributed by atoms with Gasteiger partial charge < -0.3 is 14.8 Å². The first-order chi connectivity index (χ1) is 37.0. The third kappa shape index (κ3) is 10.1. The molecule has 10 heteroatoms. The molecule has 392 valence electrons. The third-order valence-electron chi connectivity index (χ3n) is 16.4. The van der Waals surface area contributed by atoms with E-state index >= 15 is 0 Å². The molecule has 8 aromatic rings. The Hall–Kier alpha value is -7.59. The number of rotatable bonds is 14. The van der Waals surface area contributed by atoms with Gasteiger partial charge >= 0.3 is 12.5 Å². The lowest BCUT2D eigenvalue weighted by molar-refractivity contribution is -0.274. The molecule has 1 fully saturated rings. The second-order valence-corrected chi connectivity index (χ2v) is 21.6. The molecule has 0 aromatic heterocycles. The van der Waals surface area contributed by atoms with E-state index in [9.17, 15) is 31.1 Å². The summed E-state index contributed by atoms with van der Waals surface area (Å²) in [6.45, 7) is 7.10. The van der Waals surface area contributed by atoms with Gasteiger partial charge in [-0.3, -0.25) is 4.79 Å². The Labute approximate surface area is 445 Å². The van der Waals surface area contributed by atoms with Gasteiger partial charge in [0.1, 0.15) is 17.8 Å². The van der Waals surface area contributed by atoms with Gasteiger partial charge in [-0.25, -0.2) is 0 Å². The molecule has 11 rings (SSSR count). The van der Waals surface area contributed by atoms with Crippen LogP contribution in [0, 0.1) is 5.92 Å². The van der Waals surface area contributed by atoms with Crippen molar-refractivity contribution in [2.45, 2.75) is 108 Å². The SMILES string of the molecule is CCCCCC1CCC(c2ccc(-c3ccc(CNc4ccc(-c5ccc6c(c5)-c5c(c7c(c8cc(C(F)(F)F)ccc58)OC(c5ccc(C=O)cc5)(c5ccc(OC(F)(F)F)cc5)C=C7)C6(C)C)cc4)cc3)cc2)CC1. The second-order valence-electron chi connectivity index (χ2n) is 21.6. The average Bonchev–Trinajstić information content (AvgIpc) is 3.87. The quantitative estimate of drug-likeness (QED) is 0.0670. The van der Waals surface area contributed by atoms with Gasteiger partial charge in [0.05, 0.1) is 5.56 Å². The van der Waals surface area contributed by atoms with Gasteiger partial charge in [-0.1, -0.05) is 168 Å². The normalized spacial score (nSPS) is 18.5. The highest BCUT2D eigenvalue weighted by atomic mass is 19.4. The van der Waals surface area contributed by atoms with Gasteiger partial charge in [0.25, 0.3) is 0 Å². The van der Waals surface area contributed by atoms with Gasteiger partial charge in [-0.2, -0.15) is 13.2 Å². The number of anilines is 1. The highest BCUT2D eigenvalue weighted by molar-refractivity contribution is 6.09. The lowest BCUT2D eigenvalue weighted by atomic mass is 9.76. The number of carbonyl (C=O) groups is 1. The van der Waals surface area contributed by atoms with Gasteiger partial charge in [0.15, 0.2) is 5.60 Å². The monoisotopic (exact) mass is 1040 g/mol. The van der Waals surface area contributed by atoms with Crippen LogP contribution in [-0.4, -0.2) is 12.6 Å². The maximum atomic E-state index is 14.7. The summed E-state index contributed by atoms with van der Waals surface area (Å²) < 4.78 is 95.0. The summed E-state index contributed by atoms with van der Waals surface area (Å²) in [6, 6.07) is 47.8. The van der Waals surface area contributed by atoms with Crippen molar-refractivity contribution in [1.82, 2.24) is 0 Å². The van der Waals surface area contributed by atoms with E-state index in [0.717, 1.165) is 62.7 Å². The number of hydrogen-bond donors (Lipinski definition) is 1. The first kappa shape index (κ1) is 51.5. The van der Waals surface area contributed by atoms with Gasteiger partial charge in [-0.15, -0.1) is 13.2 Å². The number of fused-ring (bicyclic) bond motifs is 8. The van der Waals surface area contributed by atoms with Crippen LogP contribution in [0.4, 0.5) is 32.0 Å². The fourth-order valence-corrected chi connectivity index (χ4v) is 12.3. The lowest BCUT2D eigenvalue weighted by Crippen LogP contribution is -2.35. The zero-order chi connectivity index (χ0) is 53.7. The maximum absolute atomic E-state index is 14.7. The van der Waals surface area contributed by atoms with E-state index in [1.54, 1.807) is 30.3 Å². The Kier molecular flexibility index (Phi) is 13.7. The Bertz CT molecular complexity index is 3480. The van der Waals surface area contributed by atoms with Crippen LogP contribution in [0.15, 0.2) is 164 Å². The van der Waals surface area contributed by atoms with E-state index in [4.69, 9.17) is 4.74 Å². The fourth-order valence-electron chi connectivity index (χ4n) is 12.3. The first-order valence-electron chi connectivity index (χ1n) is 26.7. The zero-order valence-electron chi connectivity index (χ0n) is 43.3. The summed E-state index contributed by atoms with van der Waals surface area (Å²) >= 11 is 0. The van der Waals surface area contributed by atoms with Crippen LogP contribution in [0.25, 0.3) is 50.2 Å². The number of halogens is 6. The molecule has 1 saturated carbocycles. The molecular weight excluding hydrogens is 981 g/mol. The summed E-state index contributed by atoms with van der Waals surface area (Å²) in [5, 5.41) is 4.34. The molecule has 0 saturated heterocycles. The minimum Gasteiger partial charge on any atom is -0.472 e. The number of nitrogens with one attached hydrogen (secondary N) is 1. The molecule has 0 amide bonds. The summed E-state index contributed by atoms with van der Waals surface area (Å²) in [6.07, 6.45) is 5.39. The summed E-state index contributed by atoms with van der Waals surface area (Å²) in [5.74, 6) is 1.31. The number of alkyl halides is 6. The molecule has 8 aromatic carbocycles. The van der Waals surface area contributed by atoms with Crippen molar-refractivity contribution in [3.05, 3.63) is 214 Å². The molecule has 1 aliphatic heterocycles. The van der Waals surface area contributed by atoms with E-state index in [2.05, 4.69) is 122 Å². The van der Waals surface area contributed by atoms with Crippen LogP contribution in [0.2, 0.25) is 0 Å². The van der Waals surface area contributed by atoms with Crippen molar-refractivity contribution in [3.63, 3.8) is 0 Å². The number of aldehydes is 1. The molecule has 1 unspecified atom stereocenters. The highest BCUT2D eigenvalue weighted by Gasteiger charge is 2.45. The van der Waals surface area contributed by atoms with E-state index < -0.39 is 34.9 Å². The predicted molar refractivity (Wildman–Crippen MR) is 295 cm³/mol. The Morgan fingerprint density at radius 3 is 1.94 bits per heavy atom. The van der Waals surface area contributed by atoms with E-state index in [0.29, 0.717) is 46.4 Å². The Morgan fingerprint density at radius 2 is 1.30 bits per heavy atom. The molecule has 1 heterocycles. The standard InChI is InChI=1S/C67H59F6NO3/c1-4-5-6-7-42-8-14-45(15-9-42)47-18-20-48(21-19-47)46-16-10-43(11-17-46)40-74-54-30-22-49(23-31-54)50-24-35-60-59(38-50)61-56-34-29-53(66(68,69)70)39-58(56)63-57(62(61)64(60,2)3)36-37-65(77-63,51-25-12-44(41-75)13-26-51)52-27-32-55(33-28-52)76-67(71,72)73/h10-13,16-39,41-42,45,74H,4-9,14-15,40H2,1-3H3. The Balaban J connectivity index is 0.859. The molecule has 1 N–H and O–H groups in total. The van der Waals surface area contributed by atoms with Crippen LogP contribution in [0.5, 0.6) is 11.5 Å². The number of carbonyl (C=O) groups excluding carboxylic acids is 1. The van der Waals surface area contributed by atoms with Crippen LogP contribution >= 0.6 is 0 Å². The summed E-state index contributed by atoms with van der Waals surface area (Å²) in [7, 11) is 0. The fraction of sp³-hybridized carbons (Fsp3) is 0.269. The molecule has 0 bridgehead atoms. The molecule has 0 spiro atoms. The first-order valence-corrected chi connectivity index (χ1v) is 26.7. The third-order valence-corrected chi connectivity index (χ3v) is 16.4. The van der Waals surface area contributed by atoms with Crippen molar-refractivity contribution in [2.75, 3.05) is 5.32 Å².